The number of aromatic nitrogens is 2. The molecule has 6 heteroatoms. The number of aryl methyl sites for hydroxylation is 2. The van der Waals surface area contributed by atoms with Gasteiger partial charge in [0.15, 0.2) is 5.78 Å². The summed E-state index contributed by atoms with van der Waals surface area (Å²) >= 11 is 0. The van der Waals surface area contributed by atoms with Gasteiger partial charge in [0.2, 0.25) is 5.95 Å². The molecule has 1 aliphatic rings. The van der Waals surface area contributed by atoms with E-state index in [4.69, 9.17) is 9.72 Å². The molecule has 2 N–H and O–H groups in total. The van der Waals surface area contributed by atoms with Gasteiger partial charge in [-0.05, 0) is 61.1 Å². The number of fused-ring (bicyclic) bond motifs is 1. The molecule has 0 aliphatic heterocycles. The summed E-state index contributed by atoms with van der Waals surface area (Å²) in [6.45, 7) is 8.35. The molecule has 160 valence electrons. The third-order valence-electron chi connectivity index (χ3n) is 5.64. The smallest absolute Gasteiger partial charge is 0.229 e. The van der Waals surface area contributed by atoms with Crippen LogP contribution >= 0.6 is 0 Å². The van der Waals surface area contributed by atoms with Crippen LogP contribution in [-0.2, 0) is 6.42 Å². The van der Waals surface area contributed by atoms with E-state index in [2.05, 4.69) is 55.4 Å². The van der Waals surface area contributed by atoms with E-state index in [1.807, 2.05) is 30.3 Å². The molecule has 0 amide bonds. The zero-order valence-electron chi connectivity index (χ0n) is 18.7. The number of hydrogen-bond acceptors (Lipinski definition) is 6. The van der Waals surface area contributed by atoms with Crippen molar-refractivity contribution >= 4 is 28.9 Å². The number of carbonyl (C=O) groups is 1. The summed E-state index contributed by atoms with van der Waals surface area (Å²) in [6, 6.07) is 13.7. The van der Waals surface area contributed by atoms with Gasteiger partial charge in [-0.3, -0.25) is 4.79 Å². The Morgan fingerprint density at radius 3 is 2.45 bits per heavy atom. The molecule has 1 aliphatic carbocycles. The van der Waals surface area contributed by atoms with E-state index >= 15 is 0 Å². The lowest BCUT2D eigenvalue weighted by molar-refractivity contribution is 0.0911. The predicted molar refractivity (Wildman–Crippen MR) is 124 cm³/mol. The molecule has 0 saturated heterocycles. The van der Waals surface area contributed by atoms with Crippen LogP contribution in [0.15, 0.2) is 42.5 Å². The summed E-state index contributed by atoms with van der Waals surface area (Å²) in [6.07, 6.45) is 1.19. The third-order valence-corrected chi connectivity index (χ3v) is 5.64. The molecule has 0 spiro atoms. The first-order chi connectivity index (χ1) is 14.7. The lowest BCUT2D eigenvalue weighted by Gasteiger charge is -2.30. The van der Waals surface area contributed by atoms with Crippen molar-refractivity contribution in [3.8, 4) is 5.75 Å². The van der Waals surface area contributed by atoms with E-state index in [-0.39, 0.29) is 11.2 Å². The van der Waals surface area contributed by atoms with E-state index in [1.165, 1.54) is 11.1 Å². The molecule has 0 fully saturated rings. The number of carbonyl (C=O) groups excluding carboxylic acids is 1. The highest BCUT2D eigenvalue weighted by Gasteiger charge is 2.35. The minimum Gasteiger partial charge on any atom is -0.497 e. The Balaban J connectivity index is 1.77. The van der Waals surface area contributed by atoms with Crippen LogP contribution < -0.4 is 15.4 Å². The maximum absolute atomic E-state index is 13.0. The maximum Gasteiger partial charge on any atom is 0.229 e. The van der Waals surface area contributed by atoms with Gasteiger partial charge >= 0.3 is 0 Å². The maximum atomic E-state index is 13.0. The number of ketones is 1. The summed E-state index contributed by atoms with van der Waals surface area (Å²) in [5, 5.41) is 6.63. The number of nitrogens with zero attached hydrogens (tertiary/aromatic N) is 2. The lowest BCUT2D eigenvalue weighted by Crippen LogP contribution is -2.29. The Hall–Kier alpha value is -3.41. The molecule has 31 heavy (non-hydrogen) atoms. The highest BCUT2D eigenvalue weighted by atomic mass is 16.5. The number of rotatable bonds is 5. The van der Waals surface area contributed by atoms with Crippen molar-refractivity contribution in [1.82, 2.24) is 9.97 Å². The van der Waals surface area contributed by atoms with E-state index in [0.29, 0.717) is 30.2 Å². The van der Waals surface area contributed by atoms with Crippen molar-refractivity contribution in [2.24, 2.45) is 5.41 Å². The zero-order valence-corrected chi connectivity index (χ0v) is 18.7. The Kier molecular flexibility index (Phi) is 5.39. The molecular formula is C25H28N4O2. The van der Waals surface area contributed by atoms with Gasteiger partial charge in [-0.1, -0.05) is 26.0 Å². The second-order valence-electron chi connectivity index (χ2n) is 8.94. The molecule has 1 heterocycles. The van der Waals surface area contributed by atoms with Crippen molar-refractivity contribution in [3.05, 3.63) is 64.8 Å². The summed E-state index contributed by atoms with van der Waals surface area (Å²) in [5.74, 6) is 1.78. The lowest BCUT2D eigenvalue weighted by atomic mass is 9.75. The van der Waals surface area contributed by atoms with Crippen molar-refractivity contribution in [3.63, 3.8) is 0 Å². The molecule has 1 aromatic heterocycles. The fraction of sp³-hybridized carbons (Fsp3) is 0.320. The minimum absolute atomic E-state index is 0.0642. The summed E-state index contributed by atoms with van der Waals surface area (Å²) in [4.78, 5) is 22.4. The van der Waals surface area contributed by atoms with Crippen LogP contribution in [0, 0.1) is 19.3 Å². The molecule has 3 aromatic rings. The fourth-order valence-electron chi connectivity index (χ4n) is 3.90. The molecule has 0 radical (unpaired) electrons. The second-order valence-corrected chi connectivity index (χ2v) is 8.94. The monoisotopic (exact) mass is 416 g/mol. The van der Waals surface area contributed by atoms with Gasteiger partial charge in [0.25, 0.3) is 0 Å². The highest BCUT2D eigenvalue weighted by molar-refractivity contribution is 6.03. The minimum atomic E-state index is -0.136. The van der Waals surface area contributed by atoms with Crippen LogP contribution in [0.3, 0.4) is 0 Å². The average molecular weight is 417 g/mol. The summed E-state index contributed by atoms with van der Waals surface area (Å²) in [7, 11) is 1.63. The Morgan fingerprint density at radius 1 is 0.935 bits per heavy atom. The third kappa shape index (κ3) is 4.53. The van der Waals surface area contributed by atoms with E-state index < -0.39 is 0 Å². The van der Waals surface area contributed by atoms with E-state index in [1.54, 1.807) is 7.11 Å². The number of ether oxygens (including phenoxy) is 1. The summed E-state index contributed by atoms with van der Waals surface area (Å²) in [5.41, 5.74) is 5.34. The van der Waals surface area contributed by atoms with Crippen molar-refractivity contribution < 1.29 is 9.53 Å². The Labute approximate surface area is 183 Å². The second kappa shape index (κ2) is 8.02. The molecule has 0 saturated carbocycles. The van der Waals surface area contributed by atoms with Crippen molar-refractivity contribution in [2.75, 3.05) is 17.7 Å². The molecule has 6 nitrogen and oxygen atoms in total. The molecular weight excluding hydrogens is 388 g/mol. The standard InChI is InChI=1S/C25H28N4O2/c1-15-9-10-18(11-16(15)2)27-24-28-20-13-25(3,4)14-21(30)22(20)23(29-24)26-17-7-6-8-19(12-17)31-5/h6-12H,13-14H2,1-5H3,(H2,26,27,28,29). The van der Waals surface area contributed by atoms with Crippen LogP contribution in [0.2, 0.25) is 0 Å². The quantitative estimate of drug-likeness (QED) is 0.552. The van der Waals surface area contributed by atoms with Crippen LogP contribution in [0.25, 0.3) is 0 Å². The number of Topliss-reactive ketones (excluding diaryl/α,β-unsaturated/α-hetero) is 1. The van der Waals surface area contributed by atoms with E-state index in [9.17, 15) is 4.79 Å². The molecule has 0 atom stereocenters. The van der Waals surface area contributed by atoms with Crippen LogP contribution in [0.4, 0.5) is 23.1 Å². The zero-order chi connectivity index (χ0) is 22.2. The van der Waals surface area contributed by atoms with Crippen LogP contribution in [0.1, 0.15) is 47.4 Å². The molecule has 4 rings (SSSR count). The molecule has 0 bridgehead atoms. The Bertz CT molecular complexity index is 1150. The molecule has 0 unspecified atom stereocenters. The number of benzene rings is 2. The highest BCUT2D eigenvalue weighted by Crippen LogP contribution is 2.38. The first-order valence-electron chi connectivity index (χ1n) is 10.4. The Morgan fingerprint density at radius 2 is 1.71 bits per heavy atom. The van der Waals surface area contributed by atoms with Gasteiger partial charge in [-0.2, -0.15) is 4.98 Å². The summed E-state index contributed by atoms with van der Waals surface area (Å²) < 4.78 is 5.33. The number of anilines is 4. The van der Waals surface area contributed by atoms with Crippen LogP contribution in [-0.4, -0.2) is 22.9 Å². The van der Waals surface area contributed by atoms with Gasteiger partial charge in [0.1, 0.15) is 11.6 Å². The topological polar surface area (TPSA) is 76.1 Å². The van der Waals surface area contributed by atoms with Gasteiger partial charge < -0.3 is 15.4 Å². The van der Waals surface area contributed by atoms with Gasteiger partial charge in [-0.15, -0.1) is 0 Å². The van der Waals surface area contributed by atoms with E-state index in [0.717, 1.165) is 22.8 Å². The first kappa shape index (κ1) is 20.8. The van der Waals surface area contributed by atoms with Crippen LogP contribution in [0.5, 0.6) is 5.75 Å². The SMILES string of the molecule is COc1cccc(Nc2nc(Nc3ccc(C)c(C)c3)nc3c2C(=O)CC(C)(C)C3)c1. The predicted octanol–water partition coefficient (Wildman–Crippen LogP) is 5.74. The van der Waals surface area contributed by atoms with Gasteiger partial charge in [0.05, 0.1) is 18.4 Å². The number of methoxy groups -OCH3 is 1. The largest absolute Gasteiger partial charge is 0.497 e. The van der Waals surface area contributed by atoms with Gasteiger partial charge in [0, 0.05) is 23.9 Å². The average Bonchev–Trinajstić information content (AvgIpc) is 2.69. The van der Waals surface area contributed by atoms with Crippen molar-refractivity contribution in [1.29, 1.82) is 0 Å². The van der Waals surface area contributed by atoms with Gasteiger partial charge in [-0.25, -0.2) is 4.98 Å². The number of nitrogens with one attached hydrogen (secondary N) is 2. The number of hydrogen-bond donors (Lipinski definition) is 2. The normalized spacial score (nSPS) is 14.7. The fourth-order valence-corrected chi connectivity index (χ4v) is 3.90. The molecule has 2 aromatic carbocycles. The van der Waals surface area contributed by atoms with Crippen molar-refractivity contribution in [2.45, 2.75) is 40.5 Å². The first-order valence-corrected chi connectivity index (χ1v) is 10.4.